The summed E-state index contributed by atoms with van der Waals surface area (Å²) in [4.78, 5) is 24.9. The second-order valence-corrected chi connectivity index (χ2v) is 5.39. The van der Waals surface area contributed by atoms with Crippen molar-refractivity contribution in [3.05, 3.63) is 28.3 Å². The van der Waals surface area contributed by atoms with Gasteiger partial charge < -0.3 is 10.0 Å². The van der Waals surface area contributed by atoms with Gasteiger partial charge in [-0.25, -0.2) is 0 Å². The van der Waals surface area contributed by atoms with E-state index in [4.69, 9.17) is 16.7 Å². The van der Waals surface area contributed by atoms with Crippen LogP contribution in [0, 0.1) is 5.92 Å². The van der Waals surface area contributed by atoms with Crippen LogP contribution in [0.5, 0.6) is 0 Å². The summed E-state index contributed by atoms with van der Waals surface area (Å²) >= 11 is 6.23. The Kier molecular flexibility index (Phi) is 4.33. The molecule has 0 spiro atoms. The molecule has 1 heterocycles. The summed E-state index contributed by atoms with van der Waals surface area (Å²) in [6, 6.07) is 3.76. The van der Waals surface area contributed by atoms with E-state index in [0.717, 1.165) is 23.2 Å². The molecule has 4 nitrogen and oxygen atoms in total. The molecule has 0 aromatic heterocycles. The van der Waals surface area contributed by atoms with Crippen molar-refractivity contribution in [1.82, 2.24) is 0 Å². The Bertz CT molecular complexity index is 556. The van der Waals surface area contributed by atoms with E-state index in [1.807, 2.05) is 26.0 Å². The van der Waals surface area contributed by atoms with Crippen LogP contribution >= 0.6 is 11.6 Å². The molecule has 1 aromatic rings. The first-order chi connectivity index (χ1) is 9.49. The number of amides is 1. The molecule has 0 radical (unpaired) electrons. The van der Waals surface area contributed by atoms with Gasteiger partial charge in [-0.05, 0) is 30.0 Å². The third-order valence-electron chi connectivity index (χ3n) is 3.79. The van der Waals surface area contributed by atoms with Crippen molar-refractivity contribution in [2.75, 3.05) is 11.4 Å². The lowest BCUT2D eigenvalue weighted by molar-refractivity contribution is -0.141. The smallest absolute Gasteiger partial charge is 0.308 e. The van der Waals surface area contributed by atoms with Crippen molar-refractivity contribution in [3.63, 3.8) is 0 Å². The minimum absolute atomic E-state index is 0.0636. The fourth-order valence-electron chi connectivity index (χ4n) is 2.71. The number of aryl methyl sites for hydroxylation is 1. The van der Waals surface area contributed by atoms with Crippen LogP contribution in [0.2, 0.25) is 5.02 Å². The van der Waals surface area contributed by atoms with Gasteiger partial charge in [0.1, 0.15) is 0 Å². The average Bonchev–Trinajstić information content (AvgIpc) is 2.80. The average molecular weight is 296 g/mol. The molecule has 1 aromatic carbocycles. The molecule has 1 fully saturated rings. The van der Waals surface area contributed by atoms with E-state index in [-0.39, 0.29) is 18.9 Å². The monoisotopic (exact) mass is 295 g/mol. The number of aliphatic carboxylic acids is 1. The molecular formula is C15H18ClNO3. The Balaban J connectivity index is 2.49. The number of carboxylic acids is 1. The lowest BCUT2D eigenvalue weighted by Crippen LogP contribution is -2.28. The quantitative estimate of drug-likeness (QED) is 0.929. The summed E-state index contributed by atoms with van der Waals surface area (Å²) in [7, 11) is 0. The molecule has 1 saturated heterocycles. The number of rotatable bonds is 4. The van der Waals surface area contributed by atoms with Crippen molar-refractivity contribution < 1.29 is 14.7 Å². The van der Waals surface area contributed by atoms with Gasteiger partial charge in [0.25, 0.3) is 0 Å². The van der Waals surface area contributed by atoms with Crippen LogP contribution in [-0.2, 0) is 22.4 Å². The number of carbonyl (C=O) groups is 2. The van der Waals surface area contributed by atoms with E-state index < -0.39 is 11.9 Å². The van der Waals surface area contributed by atoms with E-state index in [2.05, 4.69) is 0 Å². The zero-order valence-corrected chi connectivity index (χ0v) is 12.4. The standard InChI is InChI=1S/C15H18ClNO3/c1-3-9-5-6-12(16)11(4-2)14(9)17-8-10(15(19)20)7-13(17)18/h5-6,10H,3-4,7-8H2,1-2H3,(H,19,20). The van der Waals surface area contributed by atoms with Gasteiger partial charge in [0.2, 0.25) is 5.91 Å². The predicted octanol–water partition coefficient (Wildman–Crippen LogP) is 2.90. The molecule has 108 valence electrons. The molecule has 1 unspecified atom stereocenters. The van der Waals surface area contributed by atoms with Crippen molar-refractivity contribution >= 4 is 29.2 Å². The Morgan fingerprint density at radius 1 is 1.40 bits per heavy atom. The highest BCUT2D eigenvalue weighted by molar-refractivity contribution is 6.32. The number of anilines is 1. The molecule has 1 amide bonds. The van der Waals surface area contributed by atoms with Crippen LogP contribution in [0.3, 0.4) is 0 Å². The maximum Gasteiger partial charge on any atom is 0.308 e. The number of benzene rings is 1. The van der Waals surface area contributed by atoms with Crippen molar-refractivity contribution in [2.24, 2.45) is 5.92 Å². The number of carboxylic acid groups (broad SMARTS) is 1. The highest BCUT2D eigenvalue weighted by atomic mass is 35.5. The van der Waals surface area contributed by atoms with Gasteiger partial charge >= 0.3 is 5.97 Å². The lowest BCUT2D eigenvalue weighted by Gasteiger charge is -2.24. The van der Waals surface area contributed by atoms with Crippen LogP contribution in [0.15, 0.2) is 12.1 Å². The Morgan fingerprint density at radius 2 is 2.10 bits per heavy atom. The zero-order chi connectivity index (χ0) is 14.9. The second kappa shape index (κ2) is 5.83. The van der Waals surface area contributed by atoms with Gasteiger partial charge in [-0.1, -0.05) is 31.5 Å². The van der Waals surface area contributed by atoms with Crippen molar-refractivity contribution in [1.29, 1.82) is 0 Å². The molecule has 1 atom stereocenters. The normalized spacial score (nSPS) is 18.6. The number of hydrogen-bond donors (Lipinski definition) is 1. The van der Waals surface area contributed by atoms with Crippen molar-refractivity contribution in [2.45, 2.75) is 33.1 Å². The molecule has 5 heteroatoms. The number of hydrogen-bond acceptors (Lipinski definition) is 2. The van der Waals surface area contributed by atoms with Gasteiger partial charge in [0.05, 0.1) is 11.6 Å². The molecule has 0 saturated carbocycles. The Hall–Kier alpha value is -1.55. The van der Waals surface area contributed by atoms with Crippen molar-refractivity contribution in [3.8, 4) is 0 Å². The highest BCUT2D eigenvalue weighted by Crippen LogP contribution is 2.36. The predicted molar refractivity (Wildman–Crippen MR) is 78.3 cm³/mol. The summed E-state index contributed by atoms with van der Waals surface area (Å²) in [6.07, 6.45) is 1.55. The number of halogens is 1. The topological polar surface area (TPSA) is 57.6 Å². The molecular weight excluding hydrogens is 278 g/mol. The third kappa shape index (κ3) is 2.52. The van der Waals surface area contributed by atoms with E-state index in [1.165, 1.54) is 0 Å². The van der Waals surface area contributed by atoms with E-state index in [1.54, 1.807) is 4.90 Å². The molecule has 1 aliphatic rings. The van der Waals surface area contributed by atoms with Gasteiger partial charge in [-0.3, -0.25) is 9.59 Å². The van der Waals surface area contributed by atoms with E-state index in [0.29, 0.717) is 11.4 Å². The van der Waals surface area contributed by atoms with E-state index in [9.17, 15) is 9.59 Å². The first kappa shape index (κ1) is 14.9. The van der Waals surface area contributed by atoms with Crippen LogP contribution < -0.4 is 4.90 Å². The molecule has 0 aliphatic carbocycles. The first-order valence-electron chi connectivity index (χ1n) is 6.83. The fraction of sp³-hybridized carbons (Fsp3) is 0.467. The van der Waals surface area contributed by atoms with Crippen LogP contribution in [0.4, 0.5) is 5.69 Å². The van der Waals surface area contributed by atoms with Crippen LogP contribution in [-0.4, -0.2) is 23.5 Å². The van der Waals surface area contributed by atoms with Gasteiger partial charge in [0.15, 0.2) is 0 Å². The summed E-state index contributed by atoms with van der Waals surface area (Å²) < 4.78 is 0. The van der Waals surface area contributed by atoms with E-state index >= 15 is 0 Å². The number of carbonyl (C=O) groups excluding carboxylic acids is 1. The summed E-state index contributed by atoms with van der Waals surface area (Å²) in [6.45, 7) is 4.23. The fourth-order valence-corrected chi connectivity index (χ4v) is 2.99. The maximum absolute atomic E-state index is 12.2. The molecule has 1 aliphatic heterocycles. The highest BCUT2D eigenvalue weighted by Gasteiger charge is 2.36. The van der Waals surface area contributed by atoms with Gasteiger partial charge in [-0.2, -0.15) is 0 Å². The van der Waals surface area contributed by atoms with Crippen LogP contribution in [0.25, 0.3) is 0 Å². The number of nitrogens with zero attached hydrogens (tertiary/aromatic N) is 1. The van der Waals surface area contributed by atoms with Gasteiger partial charge in [-0.15, -0.1) is 0 Å². The zero-order valence-electron chi connectivity index (χ0n) is 11.6. The molecule has 1 N–H and O–H groups in total. The second-order valence-electron chi connectivity index (χ2n) is 4.98. The Morgan fingerprint density at radius 3 is 2.60 bits per heavy atom. The molecule has 2 rings (SSSR count). The van der Waals surface area contributed by atoms with Crippen LogP contribution in [0.1, 0.15) is 31.4 Å². The lowest BCUT2D eigenvalue weighted by atomic mass is 10.0. The SMILES string of the molecule is CCc1ccc(Cl)c(CC)c1N1CC(C(=O)O)CC1=O. The first-order valence-corrected chi connectivity index (χ1v) is 7.20. The minimum atomic E-state index is -0.918. The molecule has 20 heavy (non-hydrogen) atoms. The van der Waals surface area contributed by atoms with Gasteiger partial charge in [0, 0.05) is 18.0 Å². The maximum atomic E-state index is 12.2. The third-order valence-corrected chi connectivity index (χ3v) is 4.14. The summed E-state index contributed by atoms with van der Waals surface area (Å²) in [5, 5.41) is 9.73. The minimum Gasteiger partial charge on any atom is -0.481 e. The summed E-state index contributed by atoms with van der Waals surface area (Å²) in [5.74, 6) is -1.68. The summed E-state index contributed by atoms with van der Waals surface area (Å²) in [5.41, 5.74) is 2.77. The Labute approximate surface area is 123 Å². The largest absolute Gasteiger partial charge is 0.481 e. The molecule has 0 bridgehead atoms.